The van der Waals surface area contributed by atoms with E-state index in [0.717, 1.165) is 0 Å². The smallest absolute Gasteiger partial charge is 0.242 e. The van der Waals surface area contributed by atoms with Crippen molar-refractivity contribution in [1.82, 2.24) is 4.90 Å². The zero-order valence-corrected chi connectivity index (χ0v) is 11.6. The number of hydrogen-bond acceptors (Lipinski definition) is 2. The van der Waals surface area contributed by atoms with Crippen LogP contribution in [0.3, 0.4) is 0 Å². The summed E-state index contributed by atoms with van der Waals surface area (Å²) in [6, 6.07) is 4.45. The van der Waals surface area contributed by atoms with Crippen molar-refractivity contribution in [3.05, 3.63) is 34.6 Å². The molecular weight excluding hydrogens is 255 g/mol. The molecule has 2 N–H and O–H groups in total. The van der Waals surface area contributed by atoms with Crippen LogP contribution in [-0.4, -0.2) is 23.4 Å². The third-order valence-electron chi connectivity index (χ3n) is 3.03. The Balaban J connectivity index is 2.89. The van der Waals surface area contributed by atoms with Crippen LogP contribution in [-0.2, 0) is 11.3 Å². The van der Waals surface area contributed by atoms with Crippen LogP contribution in [0.25, 0.3) is 0 Å². The topological polar surface area (TPSA) is 46.3 Å². The van der Waals surface area contributed by atoms with Gasteiger partial charge in [0, 0.05) is 24.2 Å². The normalized spacial score (nSPS) is 14.1. The molecule has 1 amide bonds. The summed E-state index contributed by atoms with van der Waals surface area (Å²) < 4.78 is 13.6. The van der Waals surface area contributed by atoms with E-state index in [1.54, 1.807) is 20.0 Å². The Kier molecular flexibility index (Phi) is 4.71. The van der Waals surface area contributed by atoms with E-state index in [-0.39, 0.29) is 12.5 Å². The highest BCUT2D eigenvalue weighted by Gasteiger charge is 2.29. The van der Waals surface area contributed by atoms with Crippen LogP contribution in [0.1, 0.15) is 25.8 Å². The predicted octanol–water partition coefficient (Wildman–Crippen LogP) is 2.56. The van der Waals surface area contributed by atoms with Crippen LogP contribution in [0.15, 0.2) is 18.2 Å². The molecule has 100 valence electrons. The Morgan fingerprint density at radius 2 is 2.17 bits per heavy atom. The molecular formula is C13H18ClFN2O. The lowest BCUT2D eigenvalue weighted by Crippen LogP contribution is -2.51. The summed E-state index contributed by atoms with van der Waals surface area (Å²) in [7, 11) is 1.59. The number of hydrogen-bond donors (Lipinski definition) is 1. The average Bonchev–Trinajstić information content (AvgIpc) is 2.32. The summed E-state index contributed by atoms with van der Waals surface area (Å²) in [5.41, 5.74) is 5.24. The molecule has 1 aromatic carbocycles. The maximum atomic E-state index is 13.6. The van der Waals surface area contributed by atoms with Crippen LogP contribution in [0.4, 0.5) is 4.39 Å². The fourth-order valence-corrected chi connectivity index (χ4v) is 1.80. The molecule has 0 aliphatic rings. The first kappa shape index (κ1) is 14.9. The van der Waals surface area contributed by atoms with Crippen molar-refractivity contribution >= 4 is 17.5 Å². The summed E-state index contributed by atoms with van der Waals surface area (Å²) in [5.74, 6) is -0.651. The van der Waals surface area contributed by atoms with E-state index in [2.05, 4.69) is 0 Å². The zero-order valence-electron chi connectivity index (χ0n) is 10.8. The Hall–Kier alpha value is -1.13. The molecule has 0 fully saturated rings. The molecule has 1 unspecified atom stereocenters. The Morgan fingerprint density at radius 3 is 2.67 bits per heavy atom. The van der Waals surface area contributed by atoms with Gasteiger partial charge in [-0.15, -0.1) is 0 Å². The van der Waals surface area contributed by atoms with Gasteiger partial charge in [-0.1, -0.05) is 24.6 Å². The first-order chi connectivity index (χ1) is 8.29. The van der Waals surface area contributed by atoms with Crippen molar-refractivity contribution in [2.75, 3.05) is 7.05 Å². The quantitative estimate of drug-likeness (QED) is 0.916. The lowest BCUT2D eigenvalue weighted by Gasteiger charge is -2.28. The predicted molar refractivity (Wildman–Crippen MR) is 70.8 cm³/mol. The Morgan fingerprint density at radius 1 is 1.56 bits per heavy atom. The lowest BCUT2D eigenvalue weighted by atomic mass is 9.98. The highest BCUT2D eigenvalue weighted by Crippen LogP contribution is 2.21. The second-order valence-electron chi connectivity index (χ2n) is 4.63. The Bertz CT molecular complexity index is 428. The summed E-state index contributed by atoms with van der Waals surface area (Å²) in [6.07, 6.45) is 0.515. The largest absolute Gasteiger partial charge is 0.340 e. The number of benzene rings is 1. The maximum Gasteiger partial charge on any atom is 0.242 e. The second kappa shape index (κ2) is 5.67. The fourth-order valence-electron chi connectivity index (χ4n) is 1.58. The number of nitrogens with zero attached hydrogens (tertiary/aromatic N) is 1. The molecule has 0 radical (unpaired) electrons. The van der Waals surface area contributed by atoms with Crippen LogP contribution in [0.5, 0.6) is 0 Å². The van der Waals surface area contributed by atoms with Crippen molar-refractivity contribution in [3.8, 4) is 0 Å². The first-order valence-corrected chi connectivity index (χ1v) is 6.14. The van der Waals surface area contributed by atoms with Gasteiger partial charge in [0.05, 0.1) is 5.54 Å². The second-order valence-corrected chi connectivity index (χ2v) is 5.04. The van der Waals surface area contributed by atoms with Crippen LogP contribution in [0, 0.1) is 5.82 Å². The first-order valence-electron chi connectivity index (χ1n) is 5.77. The molecule has 0 aromatic heterocycles. The van der Waals surface area contributed by atoms with E-state index in [0.29, 0.717) is 17.0 Å². The SMILES string of the molecule is CCC(C)(N)C(=O)N(C)Cc1c(F)cccc1Cl. The molecule has 18 heavy (non-hydrogen) atoms. The van der Waals surface area contributed by atoms with Crippen molar-refractivity contribution in [2.45, 2.75) is 32.4 Å². The molecule has 0 bridgehead atoms. The summed E-state index contributed by atoms with van der Waals surface area (Å²) in [6.45, 7) is 3.60. The monoisotopic (exact) mass is 272 g/mol. The summed E-state index contributed by atoms with van der Waals surface area (Å²) in [5, 5.41) is 0.310. The minimum atomic E-state index is -0.938. The minimum Gasteiger partial charge on any atom is -0.340 e. The molecule has 0 spiro atoms. The fraction of sp³-hybridized carbons (Fsp3) is 0.462. The number of nitrogens with two attached hydrogens (primary N) is 1. The number of halogens is 2. The van der Waals surface area contributed by atoms with Gasteiger partial charge in [0.15, 0.2) is 0 Å². The minimum absolute atomic E-state index is 0.108. The highest BCUT2D eigenvalue weighted by molar-refractivity contribution is 6.31. The van der Waals surface area contributed by atoms with E-state index in [1.807, 2.05) is 6.92 Å². The van der Waals surface area contributed by atoms with Gasteiger partial charge in [-0.05, 0) is 25.5 Å². The third kappa shape index (κ3) is 3.21. The van der Waals surface area contributed by atoms with E-state index in [9.17, 15) is 9.18 Å². The van der Waals surface area contributed by atoms with Crippen LogP contribution < -0.4 is 5.73 Å². The van der Waals surface area contributed by atoms with E-state index < -0.39 is 11.4 Å². The van der Waals surface area contributed by atoms with Gasteiger partial charge in [0.2, 0.25) is 5.91 Å². The van der Waals surface area contributed by atoms with E-state index >= 15 is 0 Å². The van der Waals surface area contributed by atoms with Crippen molar-refractivity contribution in [2.24, 2.45) is 5.73 Å². The average molecular weight is 273 g/mol. The van der Waals surface area contributed by atoms with Gasteiger partial charge >= 0.3 is 0 Å². The number of likely N-dealkylation sites (N-methyl/N-ethyl adjacent to an activating group) is 1. The number of carbonyl (C=O) groups excluding carboxylic acids is 1. The van der Waals surface area contributed by atoms with Gasteiger partial charge < -0.3 is 10.6 Å². The molecule has 1 aromatic rings. The van der Waals surface area contributed by atoms with Crippen molar-refractivity contribution < 1.29 is 9.18 Å². The standard InChI is InChI=1S/C13H18ClFN2O/c1-4-13(2,16)12(18)17(3)8-9-10(14)6-5-7-11(9)15/h5-7H,4,8,16H2,1-3H3. The van der Waals surface area contributed by atoms with Crippen LogP contribution >= 0.6 is 11.6 Å². The molecule has 1 rings (SSSR count). The summed E-state index contributed by atoms with van der Waals surface area (Å²) >= 11 is 5.92. The maximum absolute atomic E-state index is 13.6. The van der Waals surface area contributed by atoms with Gasteiger partial charge in [-0.3, -0.25) is 4.79 Å². The van der Waals surface area contributed by atoms with E-state index in [4.69, 9.17) is 17.3 Å². The van der Waals surface area contributed by atoms with Crippen molar-refractivity contribution in [3.63, 3.8) is 0 Å². The lowest BCUT2D eigenvalue weighted by molar-refractivity contribution is -0.135. The molecule has 0 aliphatic carbocycles. The van der Waals surface area contributed by atoms with Gasteiger partial charge in [0.25, 0.3) is 0 Å². The number of carbonyl (C=O) groups is 1. The summed E-state index contributed by atoms with van der Waals surface area (Å²) in [4.78, 5) is 13.5. The Labute approximate surface area is 112 Å². The van der Waals surface area contributed by atoms with Gasteiger partial charge in [0.1, 0.15) is 5.82 Å². The van der Waals surface area contributed by atoms with Gasteiger partial charge in [-0.2, -0.15) is 0 Å². The van der Waals surface area contributed by atoms with Crippen molar-refractivity contribution in [1.29, 1.82) is 0 Å². The zero-order chi connectivity index (χ0) is 13.9. The molecule has 0 heterocycles. The molecule has 0 saturated heterocycles. The number of amides is 1. The molecule has 3 nitrogen and oxygen atoms in total. The molecule has 1 atom stereocenters. The molecule has 0 aliphatic heterocycles. The third-order valence-corrected chi connectivity index (χ3v) is 3.38. The highest BCUT2D eigenvalue weighted by atomic mass is 35.5. The molecule has 0 saturated carbocycles. The molecule has 5 heteroatoms. The van der Waals surface area contributed by atoms with E-state index in [1.165, 1.54) is 17.0 Å². The number of rotatable bonds is 4. The van der Waals surface area contributed by atoms with Gasteiger partial charge in [-0.25, -0.2) is 4.39 Å². The van der Waals surface area contributed by atoms with Crippen LogP contribution in [0.2, 0.25) is 5.02 Å².